The van der Waals surface area contributed by atoms with Gasteiger partial charge in [0.1, 0.15) is 18.0 Å². The Morgan fingerprint density at radius 2 is 1.74 bits per heavy atom. The van der Waals surface area contributed by atoms with Crippen LogP contribution in [0, 0.1) is 5.82 Å². The van der Waals surface area contributed by atoms with Gasteiger partial charge in [0.25, 0.3) is 0 Å². The summed E-state index contributed by atoms with van der Waals surface area (Å²) in [5, 5.41) is 3.99. The van der Waals surface area contributed by atoms with Crippen molar-refractivity contribution in [2.24, 2.45) is 0 Å². The SMILES string of the molecule is O=C(N[C@@H](c1ccccc1)c1ccc(C2CC2)c(F)c1)[C@@H]1C[C@@H](F)CN1C(=O)Cc1cc2ccccc2[nH]1. The zero-order chi connectivity index (χ0) is 26.2. The van der Waals surface area contributed by atoms with E-state index in [1.54, 1.807) is 6.07 Å². The topological polar surface area (TPSA) is 65.2 Å². The highest BCUT2D eigenvalue weighted by Gasteiger charge is 2.40. The first kappa shape index (κ1) is 24.3. The average Bonchev–Trinajstić information content (AvgIpc) is 3.55. The third-order valence-electron chi connectivity index (χ3n) is 7.59. The van der Waals surface area contributed by atoms with Crippen molar-refractivity contribution in [3.63, 3.8) is 0 Å². The molecule has 2 N–H and O–H groups in total. The van der Waals surface area contributed by atoms with Gasteiger partial charge in [-0.25, -0.2) is 8.78 Å². The first-order valence-electron chi connectivity index (χ1n) is 13.1. The molecule has 38 heavy (non-hydrogen) atoms. The molecule has 1 aliphatic heterocycles. The molecule has 5 nitrogen and oxygen atoms in total. The quantitative estimate of drug-likeness (QED) is 0.339. The van der Waals surface area contributed by atoms with Gasteiger partial charge in [0.2, 0.25) is 11.8 Å². The molecule has 2 heterocycles. The fourth-order valence-corrected chi connectivity index (χ4v) is 5.49. The van der Waals surface area contributed by atoms with Crippen molar-refractivity contribution >= 4 is 22.7 Å². The van der Waals surface area contributed by atoms with Crippen LogP contribution in [-0.4, -0.2) is 40.5 Å². The minimum atomic E-state index is -1.29. The molecule has 1 saturated heterocycles. The molecule has 2 fully saturated rings. The molecule has 4 aromatic rings. The van der Waals surface area contributed by atoms with Gasteiger partial charge in [0.05, 0.1) is 19.0 Å². The number of benzene rings is 3. The number of H-pyrrole nitrogens is 1. The highest BCUT2D eigenvalue weighted by Crippen LogP contribution is 2.42. The fraction of sp³-hybridized carbons (Fsp3) is 0.290. The molecule has 1 saturated carbocycles. The van der Waals surface area contributed by atoms with Crippen molar-refractivity contribution in [3.8, 4) is 0 Å². The third kappa shape index (κ3) is 4.93. The van der Waals surface area contributed by atoms with Crippen LogP contribution in [0.25, 0.3) is 10.9 Å². The van der Waals surface area contributed by atoms with E-state index in [0.29, 0.717) is 16.8 Å². The van der Waals surface area contributed by atoms with E-state index in [1.165, 1.54) is 11.0 Å². The normalized spacial score (nSPS) is 20.0. The van der Waals surface area contributed by atoms with Gasteiger partial charge in [0, 0.05) is 17.6 Å². The maximum atomic E-state index is 14.9. The second-order valence-electron chi connectivity index (χ2n) is 10.4. The van der Waals surface area contributed by atoms with Crippen LogP contribution in [0.2, 0.25) is 0 Å². The number of amides is 2. The maximum Gasteiger partial charge on any atom is 0.243 e. The Morgan fingerprint density at radius 3 is 2.47 bits per heavy atom. The van der Waals surface area contributed by atoms with Crippen molar-refractivity contribution in [1.29, 1.82) is 0 Å². The van der Waals surface area contributed by atoms with Crippen LogP contribution in [0.15, 0.2) is 78.9 Å². The molecule has 0 bridgehead atoms. The predicted molar refractivity (Wildman–Crippen MR) is 142 cm³/mol. The van der Waals surface area contributed by atoms with Gasteiger partial charge in [-0.2, -0.15) is 0 Å². The van der Waals surface area contributed by atoms with E-state index < -0.39 is 24.2 Å². The van der Waals surface area contributed by atoms with Crippen LogP contribution in [0.4, 0.5) is 8.78 Å². The number of aromatic amines is 1. The van der Waals surface area contributed by atoms with Crippen LogP contribution in [-0.2, 0) is 16.0 Å². The molecular formula is C31H29F2N3O2. The van der Waals surface area contributed by atoms with E-state index in [4.69, 9.17) is 0 Å². The lowest BCUT2D eigenvalue weighted by molar-refractivity contribution is -0.138. The molecular weight excluding hydrogens is 484 g/mol. The van der Waals surface area contributed by atoms with Crippen molar-refractivity contribution in [2.45, 2.75) is 49.9 Å². The van der Waals surface area contributed by atoms with Crippen molar-refractivity contribution in [1.82, 2.24) is 15.2 Å². The smallest absolute Gasteiger partial charge is 0.243 e. The predicted octanol–water partition coefficient (Wildman–Crippen LogP) is 5.57. The zero-order valence-electron chi connectivity index (χ0n) is 20.9. The Hall–Kier alpha value is -4.00. The van der Waals surface area contributed by atoms with Crippen molar-refractivity contribution in [2.75, 3.05) is 6.54 Å². The molecule has 2 aliphatic rings. The lowest BCUT2D eigenvalue weighted by atomic mass is 9.96. The number of carbonyl (C=O) groups is 2. The highest BCUT2D eigenvalue weighted by atomic mass is 19.1. The van der Waals surface area contributed by atoms with E-state index in [0.717, 1.165) is 29.3 Å². The van der Waals surface area contributed by atoms with E-state index >= 15 is 0 Å². The van der Waals surface area contributed by atoms with E-state index in [1.807, 2.05) is 66.7 Å². The molecule has 0 radical (unpaired) electrons. The molecule has 0 unspecified atom stereocenters. The van der Waals surface area contributed by atoms with Crippen LogP contribution < -0.4 is 5.32 Å². The Labute approximate surface area is 219 Å². The Kier molecular flexibility index (Phi) is 6.44. The van der Waals surface area contributed by atoms with Gasteiger partial charge in [-0.05, 0) is 59.0 Å². The van der Waals surface area contributed by atoms with Crippen LogP contribution >= 0.6 is 0 Å². The number of carbonyl (C=O) groups excluding carboxylic acids is 2. The number of aromatic nitrogens is 1. The summed E-state index contributed by atoms with van der Waals surface area (Å²) in [6.07, 6.45) is 0.664. The molecule has 2 amide bonds. The number of likely N-dealkylation sites (tertiary alicyclic amines) is 1. The number of para-hydroxylation sites is 1. The lowest BCUT2D eigenvalue weighted by Crippen LogP contribution is -2.47. The largest absolute Gasteiger partial charge is 0.358 e. The van der Waals surface area contributed by atoms with Crippen LogP contribution in [0.1, 0.15) is 53.6 Å². The molecule has 6 rings (SSSR count). The molecule has 3 aromatic carbocycles. The van der Waals surface area contributed by atoms with E-state index in [2.05, 4.69) is 10.3 Å². The number of hydrogen-bond acceptors (Lipinski definition) is 2. The van der Waals surface area contributed by atoms with Gasteiger partial charge in [-0.15, -0.1) is 0 Å². The summed E-state index contributed by atoms with van der Waals surface area (Å²) in [5.74, 6) is -0.769. The summed E-state index contributed by atoms with van der Waals surface area (Å²) in [4.78, 5) is 31.4. The lowest BCUT2D eigenvalue weighted by Gasteiger charge is -2.27. The Morgan fingerprint density at radius 1 is 0.974 bits per heavy atom. The molecule has 1 aliphatic carbocycles. The van der Waals surface area contributed by atoms with Crippen LogP contribution in [0.5, 0.6) is 0 Å². The summed E-state index contributed by atoms with van der Waals surface area (Å²) in [7, 11) is 0. The summed E-state index contributed by atoms with van der Waals surface area (Å²) in [6.45, 7) is -0.127. The van der Waals surface area contributed by atoms with Crippen LogP contribution in [0.3, 0.4) is 0 Å². The molecule has 7 heteroatoms. The summed E-state index contributed by atoms with van der Waals surface area (Å²) in [5.41, 5.74) is 3.73. The first-order valence-corrected chi connectivity index (χ1v) is 13.1. The van der Waals surface area contributed by atoms with E-state index in [9.17, 15) is 18.4 Å². The Bertz CT molecular complexity index is 1450. The molecule has 0 spiro atoms. The number of rotatable bonds is 7. The van der Waals surface area contributed by atoms with Crippen molar-refractivity contribution in [3.05, 3.63) is 107 Å². The minimum absolute atomic E-state index is 0.0428. The summed E-state index contributed by atoms with van der Waals surface area (Å²) < 4.78 is 29.5. The monoisotopic (exact) mass is 513 g/mol. The maximum absolute atomic E-state index is 14.9. The van der Waals surface area contributed by atoms with Gasteiger partial charge >= 0.3 is 0 Å². The van der Waals surface area contributed by atoms with Gasteiger partial charge < -0.3 is 15.2 Å². The van der Waals surface area contributed by atoms with Gasteiger partial charge in [-0.3, -0.25) is 9.59 Å². The number of alkyl halides is 1. The second kappa shape index (κ2) is 10.0. The van der Waals surface area contributed by atoms with Crippen molar-refractivity contribution < 1.29 is 18.4 Å². The second-order valence-corrected chi connectivity index (χ2v) is 10.4. The van der Waals surface area contributed by atoms with Gasteiger partial charge in [0.15, 0.2) is 0 Å². The number of fused-ring (bicyclic) bond motifs is 1. The summed E-state index contributed by atoms with van der Waals surface area (Å²) >= 11 is 0. The third-order valence-corrected chi connectivity index (χ3v) is 7.59. The standard InChI is InChI=1S/C31H29F2N3O2/c32-23-16-28(36(18-23)29(37)17-24-14-21-8-4-5-9-27(21)34-24)31(38)35-30(20-6-2-1-3-7-20)22-12-13-25(19-10-11-19)26(33)15-22/h1-9,12-15,19,23,28,30,34H,10-11,16-18H2,(H,35,38)/t23-,28+,30+/m1/s1. The van der Waals surface area contributed by atoms with Gasteiger partial charge in [-0.1, -0.05) is 60.7 Å². The first-order chi connectivity index (χ1) is 18.5. The Balaban J connectivity index is 1.23. The summed E-state index contributed by atoms with van der Waals surface area (Å²) in [6, 6.07) is 22.5. The molecule has 3 atom stereocenters. The number of hydrogen-bond donors (Lipinski definition) is 2. The number of nitrogens with one attached hydrogen (secondary N) is 2. The molecule has 194 valence electrons. The minimum Gasteiger partial charge on any atom is -0.358 e. The number of halogens is 2. The highest BCUT2D eigenvalue weighted by molar-refractivity contribution is 5.90. The fourth-order valence-electron chi connectivity index (χ4n) is 5.49. The van der Waals surface area contributed by atoms with E-state index in [-0.39, 0.29) is 37.0 Å². The average molecular weight is 514 g/mol. The molecule has 1 aromatic heterocycles. The number of nitrogens with zero attached hydrogens (tertiary/aromatic N) is 1. The zero-order valence-corrected chi connectivity index (χ0v) is 20.9.